The third-order valence-electron chi connectivity index (χ3n) is 5.92. The first-order chi connectivity index (χ1) is 14.3. The van der Waals surface area contributed by atoms with E-state index in [0.717, 1.165) is 36.5 Å². The zero-order valence-corrected chi connectivity index (χ0v) is 18.3. The first kappa shape index (κ1) is 20.4. The molecule has 0 bridgehead atoms. The molecule has 0 radical (unpaired) electrons. The van der Waals surface area contributed by atoms with E-state index < -0.39 is 11.1 Å². The molecule has 30 heavy (non-hydrogen) atoms. The summed E-state index contributed by atoms with van der Waals surface area (Å²) in [5.74, 6) is 0.571. The van der Waals surface area contributed by atoms with Gasteiger partial charge in [-0.25, -0.2) is 0 Å². The van der Waals surface area contributed by atoms with Crippen molar-refractivity contribution in [3.63, 3.8) is 0 Å². The topological polar surface area (TPSA) is 76.3 Å². The van der Waals surface area contributed by atoms with Crippen molar-refractivity contribution in [1.29, 1.82) is 0 Å². The van der Waals surface area contributed by atoms with Gasteiger partial charge in [-0.1, -0.05) is 13.0 Å². The van der Waals surface area contributed by atoms with E-state index >= 15 is 0 Å². The summed E-state index contributed by atoms with van der Waals surface area (Å²) < 4.78 is 2.75. The normalized spacial score (nSPS) is 15.0. The molecule has 3 heterocycles. The summed E-state index contributed by atoms with van der Waals surface area (Å²) in [6, 6.07) is 7.61. The minimum absolute atomic E-state index is 0.0988. The minimum Gasteiger partial charge on any atom is -0.370 e. The van der Waals surface area contributed by atoms with Gasteiger partial charge in [0.1, 0.15) is 0 Å². The lowest BCUT2D eigenvalue weighted by Crippen LogP contribution is -2.39. The van der Waals surface area contributed by atoms with Crippen molar-refractivity contribution in [2.75, 3.05) is 23.3 Å². The van der Waals surface area contributed by atoms with Crippen molar-refractivity contribution in [1.82, 2.24) is 9.13 Å². The van der Waals surface area contributed by atoms with Gasteiger partial charge in [0, 0.05) is 32.1 Å². The van der Waals surface area contributed by atoms with E-state index in [9.17, 15) is 14.4 Å². The molecule has 1 aliphatic rings. The van der Waals surface area contributed by atoms with Crippen molar-refractivity contribution in [2.45, 2.75) is 26.2 Å². The fraction of sp³-hybridized carbons (Fsp3) is 0.409. The lowest BCUT2D eigenvalue weighted by Gasteiger charge is -2.34. The van der Waals surface area contributed by atoms with Gasteiger partial charge in [0.05, 0.1) is 28.8 Å². The molecule has 4 rings (SSSR count). The van der Waals surface area contributed by atoms with Crippen LogP contribution < -0.4 is 21.3 Å². The first-order valence-electron chi connectivity index (χ1n) is 10.2. The number of thiophene rings is 1. The van der Waals surface area contributed by atoms with E-state index in [4.69, 9.17) is 0 Å². The number of hydrogen-bond acceptors (Lipinski definition) is 5. The molecule has 1 saturated heterocycles. The summed E-state index contributed by atoms with van der Waals surface area (Å²) in [7, 11) is 3.20. The number of rotatable bonds is 4. The summed E-state index contributed by atoms with van der Waals surface area (Å²) in [6.45, 7) is 4.03. The molecule has 3 aromatic rings. The third kappa shape index (κ3) is 3.79. The van der Waals surface area contributed by atoms with E-state index in [1.807, 2.05) is 29.6 Å². The maximum atomic E-state index is 12.7. The molecule has 0 unspecified atom stereocenters. The number of nitrogens with one attached hydrogen (secondary N) is 1. The van der Waals surface area contributed by atoms with Crippen LogP contribution in [0.2, 0.25) is 0 Å². The SMILES string of the molecule is CC1CCN(c2cc3c(cc2NC(=O)Cc2cccs2)n(C)c(=O)c(=O)n3C)CC1. The first-order valence-corrected chi connectivity index (χ1v) is 11.0. The van der Waals surface area contributed by atoms with Crippen LogP contribution in [0, 0.1) is 5.92 Å². The fourth-order valence-corrected chi connectivity index (χ4v) is 4.69. The number of aromatic nitrogens is 2. The summed E-state index contributed by atoms with van der Waals surface area (Å²) in [5.41, 5.74) is 1.71. The molecular formula is C22H26N4O3S. The number of carbonyl (C=O) groups is 1. The average Bonchev–Trinajstić information content (AvgIpc) is 3.24. The van der Waals surface area contributed by atoms with Crippen LogP contribution in [-0.4, -0.2) is 28.1 Å². The van der Waals surface area contributed by atoms with Crippen LogP contribution in [0.5, 0.6) is 0 Å². The Morgan fingerprint density at radius 3 is 2.33 bits per heavy atom. The highest BCUT2D eigenvalue weighted by molar-refractivity contribution is 7.10. The van der Waals surface area contributed by atoms with Gasteiger partial charge in [0.15, 0.2) is 0 Å². The van der Waals surface area contributed by atoms with Crippen molar-refractivity contribution in [3.8, 4) is 0 Å². The highest BCUT2D eigenvalue weighted by Crippen LogP contribution is 2.33. The Hall–Kier alpha value is -2.87. The number of piperidine rings is 1. The monoisotopic (exact) mass is 426 g/mol. The molecule has 8 heteroatoms. The maximum absolute atomic E-state index is 12.7. The number of anilines is 2. The second-order valence-corrected chi connectivity index (χ2v) is 9.09. The molecule has 1 fully saturated rings. The number of amides is 1. The van der Waals surface area contributed by atoms with E-state index in [1.165, 1.54) is 9.13 Å². The number of fused-ring (bicyclic) bond motifs is 1. The second kappa shape index (κ2) is 8.10. The quantitative estimate of drug-likeness (QED) is 0.651. The smallest absolute Gasteiger partial charge is 0.316 e. The van der Waals surface area contributed by atoms with Gasteiger partial charge in [-0.3, -0.25) is 14.4 Å². The molecule has 0 saturated carbocycles. The predicted molar refractivity (Wildman–Crippen MR) is 122 cm³/mol. The van der Waals surface area contributed by atoms with Crippen molar-refractivity contribution in [3.05, 3.63) is 55.2 Å². The van der Waals surface area contributed by atoms with Gasteiger partial charge in [-0.05, 0) is 42.3 Å². The molecule has 158 valence electrons. The van der Waals surface area contributed by atoms with E-state index in [1.54, 1.807) is 25.4 Å². The number of hydrogen-bond donors (Lipinski definition) is 1. The molecule has 0 atom stereocenters. The Balaban J connectivity index is 1.80. The van der Waals surface area contributed by atoms with Crippen LogP contribution in [0.1, 0.15) is 24.6 Å². The van der Waals surface area contributed by atoms with Gasteiger partial charge in [0.2, 0.25) is 5.91 Å². The maximum Gasteiger partial charge on any atom is 0.316 e. The molecule has 2 aromatic heterocycles. The standard InChI is InChI=1S/C22H26N4O3S/c1-14-6-8-26(9-7-14)17-13-19-18(24(2)21(28)22(29)25(19)3)12-16(17)23-20(27)11-15-5-4-10-30-15/h4-5,10,12-14H,6-9,11H2,1-3H3,(H,23,27). The summed E-state index contributed by atoms with van der Waals surface area (Å²) >= 11 is 1.55. The lowest BCUT2D eigenvalue weighted by molar-refractivity contribution is -0.115. The third-order valence-corrected chi connectivity index (χ3v) is 6.80. The summed E-state index contributed by atoms with van der Waals surface area (Å²) in [4.78, 5) is 40.6. The second-order valence-electron chi connectivity index (χ2n) is 8.06. The van der Waals surface area contributed by atoms with Crippen LogP contribution in [0.25, 0.3) is 11.0 Å². The van der Waals surface area contributed by atoms with Crippen molar-refractivity contribution >= 4 is 39.7 Å². The van der Waals surface area contributed by atoms with Crippen LogP contribution in [0.3, 0.4) is 0 Å². The summed E-state index contributed by atoms with van der Waals surface area (Å²) in [6.07, 6.45) is 2.46. The number of aryl methyl sites for hydroxylation is 2. The molecule has 1 amide bonds. The van der Waals surface area contributed by atoms with Gasteiger partial charge in [0.25, 0.3) is 0 Å². The van der Waals surface area contributed by atoms with Gasteiger partial charge >= 0.3 is 11.1 Å². The van der Waals surface area contributed by atoms with Crippen molar-refractivity contribution < 1.29 is 4.79 Å². The molecule has 0 spiro atoms. The van der Waals surface area contributed by atoms with E-state index in [-0.39, 0.29) is 5.91 Å². The molecule has 1 aliphatic heterocycles. The van der Waals surface area contributed by atoms with E-state index in [2.05, 4.69) is 17.1 Å². The van der Waals surface area contributed by atoms with Gasteiger partial charge in [-0.15, -0.1) is 11.3 Å². The molecule has 1 aromatic carbocycles. The van der Waals surface area contributed by atoms with Crippen LogP contribution in [0.15, 0.2) is 39.2 Å². The largest absolute Gasteiger partial charge is 0.370 e. The highest BCUT2D eigenvalue weighted by atomic mass is 32.1. The van der Waals surface area contributed by atoms with Crippen molar-refractivity contribution in [2.24, 2.45) is 20.0 Å². The number of carbonyl (C=O) groups excluding carboxylic acids is 1. The molecule has 1 N–H and O–H groups in total. The molecular weight excluding hydrogens is 400 g/mol. The number of nitrogens with zero attached hydrogens (tertiary/aromatic N) is 3. The zero-order valence-electron chi connectivity index (χ0n) is 17.5. The van der Waals surface area contributed by atoms with Crippen LogP contribution >= 0.6 is 11.3 Å². The van der Waals surface area contributed by atoms with Gasteiger partial charge < -0.3 is 19.4 Å². The Morgan fingerprint density at radius 2 is 1.73 bits per heavy atom. The average molecular weight is 427 g/mol. The van der Waals surface area contributed by atoms with E-state index in [0.29, 0.717) is 29.1 Å². The highest BCUT2D eigenvalue weighted by Gasteiger charge is 2.22. The molecule has 0 aliphatic carbocycles. The Bertz CT molecular complexity index is 1200. The predicted octanol–water partition coefficient (Wildman–Crippen LogP) is 2.72. The molecule has 7 nitrogen and oxygen atoms in total. The lowest BCUT2D eigenvalue weighted by atomic mass is 9.98. The number of benzene rings is 1. The zero-order chi connectivity index (χ0) is 21.4. The van der Waals surface area contributed by atoms with Gasteiger partial charge in [-0.2, -0.15) is 0 Å². The van der Waals surface area contributed by atoms with Crippen LogP contribution in [0.4, 0.5) is 11.4 Å². The Kier molecular flexibility index (Phi) is 5.51. The Labute approximate surface area is 178 Å². The van der Waals surface area contributed by atoms with Crippen LogP contribution in [-0.2, 0) is 25.3 Å². The summed E-state index contributed by atoms with van der Waals surface area (Å²) in [5, 5.41) is 5.01. The fourth-order valence-electron chi connectivity index (χ4n) is 3.99. The Morgan fingerprint density at radius 1 is 1.10 bits per heavy atom. The minimum atomic E-state index is -0.583.